The number of rotatable bonds is 4. The van der Waals surface area contributed by atoms with E-state index in [4.69, 9.17) is 5.73 Å². The van der Waals surface area contributed by atoms with Crippen molar-refractivity contribution in [3.63, 3.8) is 0 Å². The Labute approximate surface area is 171 Å². The van der Waals surface area contributed by atoms with Crippen molar-refractivity contribution in [3.05, 3.63) is 34.9 Å². The topological polar surface area (TPSA) is 95.7 Å². The maximum Gasteiger partial charge on any atom is 0.255 e. The Kier molecular flexibility index (Phi) is 5.58. The van der Waals surface area contributed by atoms with E-state index in [0.717, 1.165) is 57.2 Å². The van der Waals surface area contributed by atoms with Crippen LogP contribution in [-0.4, -0.2) is 58.7 Å². The molecular formula is C22H30N4O3. The van der Waals surface area contributed by atoms with E-state index in [9.17, 15) is 14.4 Å². The van der Waals surface area contributed by atoms with Crippen LogP contribution in [0, 0.1) is 0 Å². The number of likely N-dealkylation sites (tertiary alicyclic amines) is 1. The fourth-order valence-electron chi connectivity index (χ4n) is 5.32. The number of hydrogen-bond acceptors (Lipinski definition) is 4. The number of hydrogen-bond donors (Lipinski definition) is 2. The summed E-state index contributed by atoms with van der Waals surface area (Å²) in [4.78, 5) is 40.4. The van der Waals surface area contributed by atoms with Crippen molar-refractivity contribution in [2.24, 2.45) is 5.73 Å². The van der Waals surface area contributed by atoms with E-state index in [1.807, 2.05) is 11.0 Å². The number of piperidine rings is 1. The second kappa shape index (κ2) is 8.14. The highest BCUT2D eigenvalue weighted by Gasteiger charge is 2.38. The predicted octanol–water partition coefficient (Wildman–Crippen LogP) is 1.65. The van der Waals surface area contributed by atoms with Crippen molar-refractivity contribution < 1.29 is 14.4 Å². The summed E-state index contributed by atoms with van der Waals surface area (Å²) in [5.41, 5.74) is 7.21. The first-order chi connectivity index (χ1) is 13.9. The Hall–Kier alpha value is -2.41. The first-order valence-corrected chi connectivity index (χ1v) is 10.7. The second-order valence-electron chi connectivity index (χ2n) is 8.61. The zero-order chi connectivity index (χ0) is 20.5. The van der Waals surface area contributed by atoms with Gasteiger partial charge in [-0.3, -0.25) is 14.4 Å². The standard InChI is InChI=1S/C22H30N4O3/c1-14(27)24-16-5-7-17(8-6-16)25-11-9-18(10-12-25)26-13-15-3-2-4-19(21(23)28)20(15)22(26)29/h2-4,16-18H,5-13H2,1H3,(H2,23,28)(H,24,27). The van der Waals surface area contributed by atoms with Gasteiger partial charge in [-0.2, -0.15) is 0 Å². The molecule has 0 atom stereocenters. The zero-order valence-corrected chi connectivity index (χ0v) is 17.0. The maximum atomic E-state index is 13.0. The van der Waals surface area contributed by atoms with Gasteiger partial charge in [-0.25, -0.2) is 0 Å². The summed E-state index contributed by atoms with van der Waals surface area (Å²) in [6, 6.07) is 6.47. The molecule has 156 valence electrons. The SMILES string of the molecule is CC(=O)NC1CCC(N2CCC(N3Cc4cccc(C(N)=O)c4C3=O)CC2)CC1. The van der Waals surface area contributed by atoms with Crippen molar-refractivity contribution in [1.82, 2.24) is 15.1 Å². The van der Waals surface area contributed by atoms with Crippen molar-refractivity contribution in [3.8, 4) is 0 Å². The lowest BCUT2D eigenvalue weighted by Crippen LogP contribution is -2.50. The van der Waals surface area contributed by atoms with Gasteiger partial charge in [0.2, 0.25) is 11.8 Å². The summed E-state index contributed by atoms with van der Waals surface area (Å²) in [6.07, 6.45) is 6.23. The molecule has 1 aromatic carbocycles. The van der Waals surface area contributed by atoms with E-state index in [0.29, 0.717) is 29.8 Å². The van der Waals surface area contributed by atoms with Gasteiger partial charge in [-0.1, -0.05) is 12.1 Å². The molecule has 2 aliphatic heterocycles. The molecule has 0 radical (unpaired) electrons. The molecule has 3 N–H and O–H groups in total. The third kappa shape index (κ3) is 4.01. The van der Waals surface area contributed by atoms with E-state index in [1.54, 1.807) is 19.1 Å². The molecule has 7 heteroatoms. The summed E-state index contributed by atoms with van der Waals surface area (Å²) in [5.74, 6) is -0.532. The highest BCUT2D eigenvalue weighted by Crippen LogP contribution is 2.32. The fourth-order valence-corrected chi connectivity index (χ4v) is 5.32. The normalized spacial score (nSPS) is 25.7. The van der Waals surface area contributed by atoms with Crippen molar-refractivity contribution in [2.45, 2.75) is 70.1 Å². The molecule has 1 aliphatic carbocycles. The molecule has 1 saturated heterocycles. The Bertz CT molecular complexity index is 808. The first-order valence-electron chi connectivity index (χ1n) is 10.7. The quantitative estimate of drug-likeness (QED) is 0.806. The molecule has 0 spiro atoms. The van der Waals surface area contributed by atoms with E-state index in [1.165, 1.54) is 0 Å². The van der Waals surface area contributed by atoms with Crippen molar-refractivity contribution in [2.75, 3.05) is 13.1 Å². The minimum Gasteiger partial charge on any atom is -0.366 e. The van der Waals surface area contributed by atoms with Gasteiger partial charge in [0.05, 0.1) is 11.1 Å². The zero-order valence-electron chi connectivity index (χ0n) is 17.0. The van der Waals surface area contributed by atoms with Gasteiger partial charge in [0.15, 0.2) is 0 Å². The Morgan fingerprint density at radius 3 is 2.34 bits per heavy atom. The molecule has 2 heterocycles. The van der Waals surface area contributed by atoms with Gasteiger partial charge in [0.25, 0.3) is 5.91 Å². The third-order valence-corrected chi connectivity index (χ3v) is 6.79. The number of benzene rings is 1. The molecule has 3 aliphatic rings. The van der Waals surface area contributed by atoms with Crippen molar-refractivity contribution >= 4 is 17.7 Å². The van der Waals surface area contributed by atoms with E-state index >= 15 is 0 Å². The number of amides is 3. The summed E-state index contributed by atoms with van der Waals surface area (Å²) in [6.45, 7) is 4.13. The van der Waals surface area contributed by atoms with Gasteiger partial charge in [-0.15, -0.1) is 0 Å². The van der Waals surface area contributed by atoms with Gasteiger partial charge >= 0.3 is 0 Å². The molecule has 4 rings (SSSR count). The fraction of sp³-hybridized carbons (Fsp3) is 0.591. The minimum absolute atomic E-state index is 0.0522. The number of primary amides is 1. The monoisotopic (exact) mass is 398 g/mol. The van der Waals surface area contributed by atoms with Gasteiger partial charge < -0.3 is 20.9 Å². The smallest absolute Gasteiger partial charge is 0.255 e. The Balaban J connectivity index is 1.33. The third-order valence-electron chi connectivity index (χ3n) is 6.79. The number of carbonyl (C=O) groups is 3. The summed E-state index contributed by atoms with van der Waals surface area (Å²) in [7, 11) is 0. The van der Waals surface area contributed by atoms with Crippen LogP contribution in [0.3, 0.4) is 0 Å². The Morgan fingerprint density at radius 1 is 1.03 bits per heavy atom. The van der Waals surface area contributed by atoms with E-state index in [2.05, 4.69) is 10.2 Å². The van der Waals surface area contributed by atoms with Gasteiger partial charge in [-0.05, 0) is 50.2 Å². The number of carbonyl (C=O) groups excluding carboxylic acids is 3. The number of nitrogens with zero attached hydrogens (tertiary/aromatic N) is 2. The van der Waals surface area contributed by atoms with Crippen LogP contribution < -0.4 is 11.1 Å². The van der Waals surface area contributed by atoms with Gasteiger partial charge in [0, 0.05) is 44.7 Å². The lowest BCUT2D eigenvalue weighted by molar-refractivity contribution is -0.120. The highest BCUT2D eigenvalue weighted by molar-refractivity contribution is 6.09. The molecule has 0 aromatic heterocycles. The molecule has 2 fully saturated rings. The molecule has 3 amide bonds. The van der Waals surface area contributed by atoms with Crippen LogP contribution in [-0.2, 0) is 11.3 Å². The van der Waals surface area contributed by atoms with E-state index in [-0.39, 0.29) is 17.9 Å². The molecule has 7 nitrogen and oxygen atoms in total. The van der Waals surface area contributed by atoms with Crippen LogP contribution in [0.2, 0.25) is 0 Å². The number of nitrogens with one attached hydrogen (secondary N) is 1. The largest absolute Gasteiger partial charge is 0.366 e. The minimum atomic E-state index is -0.540. The molecule has 0 bridgehead atoms. The average molecular weight is 399 g/mol. The van der Waals surface area contributed by atoms with Crippen LogP contribution in [0.5, 0.6) is 0 Å². The van der Waals surface area contributed by atoms with Crippen molar-refractivity contribution in [1.29, 1.82) is 0 Å². The molecule has 0 unspecified atom stereocenters. The van der Waals surface area contributed by atoms with Gasteiger partial charge in [0.1, 0.15) is 0 Å². The van der Waals surface area contributed by atoms with Crippen LogP contribution in [0.1, 0.15) is 71.7 Å². The van der Waals surface area contributed by atoms with E-state index < -0.39 is 5.91 Å². The predicted molar refractivity (Wildman–Crippen MR) is 109 cm³/mol. The van der Waals surface area contributed by atoms with Crippen LogP contribution in [0.4, 0.5) is 0 Å². The number of fused-ring (bicyclic) bond motifs is 1. The first kappa shape index (κ1) is 19.9. The van der Waals surface area contributed by atoms with Crippen LogP contribution >= 0.6 is 0 Å². The second-order valence-corrected chi connectivity index (χ2v) is 8.61. The lowest BCUT2D eigenvalue weighted by atomic mass is 9.88. The maximum absolute atomic E-state index is 13.0. The summed E-state index contributed by atoms with van der Waals surface area (Å²) < 4.78 is 0. The molecule has 29 heavy (non-hydrogen) atoms. The number of nitrogens with two attached hydrogens (primary N) is 1. The van der Waals surface area contributed by atoms with Crippen LogP contribution in [0.15, 0.2) is 18.2 Å². The summed E-state index contributed by atoms with van der Waals surface area (Å²) >= 11 is 0. The highest BCUT2D eigenvalue weighted by atomic mass is 16.2. The molecule has 1 saturated carbocycles. The Morgan fingerprint density at radius 2 is 1.72 bits per heavy atom. The van der Waals surface area contributed by atoms with Crippen LogP contribution in [0.25, 0.3) is 0 Å². The summed E-state index contributed by atoms with van der Waals surface area (Å²) in [5, 5.41) is 3.04. The average Bonchev–Trinajstić information content (AvgIpc) is 3.05. The molecule has 1 aromatic rings. The lowest BCUT2D eigenvalue weighted by Gasteiger charge is -2.42. The molecular weight excluding hydrogens is 368 g/mol.